The topological polar surface area (TPSA) is 77.5 Å². The maximum Gasteiger partial charge on any atom is 1.00 e. The largest absolute Gasteiger partial charge is 1.00 e. The Bertz CT molecular complexity index is 576. The molecule has 0 radical (unpaired) electrons. The quantitative estimate of drug-likeness (QED) is 0.338. The van der Waals surface area contributed by atoms with Gasteiger partial charge in [0.05, 0.1) is 11.1 Å². The van der Waals surface area contributed by atoms with Gasteiger partial charge < -0.3 is 9.90 Å². The first-order valence-corrected chi connectivity index (χ1v) is 7.15. The number of hydrogen-bond donors (Lipinski definition) is 0. The van der Waals surface area contributed by atoms with E-state index in [4.69, 9.17) is 0 Å². The number of benzene rings is 1. The fourth-order valence-electron chi connectivity index (χ4n) is 2.18. The van der Waals surface area contributed by atoms with Crippen LogP contribution in [0.2, 0.25) is 0 Å². The number of unbranched alkanes of at least 4 members (excludes halogenated alkanes) is 2. The van der Waals surface area contributed by atoms with Crippen LogP contribution in [-0.2, 0) is 4.79 Å². The van der Waals surface area contributed by atoms with E-state index in [9.17, 15) is 19.5 Å². The molecule has 0 fully saturated rings. The molecule has 0 saturated carbocycles. The summed E-state index contributed by atoms with van der Waals surface area (Å²) in [5.74, 6) is -1.64. The van der Waals surface area contributed by atoms with Crippen LogP contribution in [0, 0.1) is 0 Å². The summed E-state index contributed by atoms with van der Waals surface area (Å²) in [7, 11) is 0. The van der Waals surface area contributed by atoms with E-state index in [-0.39, 0.29) is 69.6 Å². The fourth-order valence-corrected chi connectivity index (χ4v) is 2.54. The Hall–Kier alpha value is -0.0536. The predicted molar refractivity (Wildman–Crippen MR) is 73.0 cm³/mol. The van der Waals surface area contributed by atoms with E-state index < -0.39 is 5.97 Å². The molecule has 1 aliphatic rings. The van der Waals surface area contributed by atoms with Gasteiger partial charge in [0.1, 0.15) is 0 Å². The van der Waals surface area contributed by atoms with Gasteiger partial charge in [0.25, 0.3) is 11.8 Å². The number of fused-ring (bicyclic) bond motifs is 1. The maximum atomic E-state index is 12.1. The Morgan fingerprint density at radius 3 is 2.43 bits per heavy atom. The molecule has 5 nitrogen and oxygen atoms in total. The van der Waals surface area contributed by atoms with Crippen molar-refractivity contribution in [2.24, 2.45) is 0 Å². The number of halogens is 1. The van der Waals surface area contributed by atoms with Crippen LogP contribution < -0.4 is 56.5 Å². The summed E-state index contributed by atoms with van der Waals surface area (Å²) in [6.45, 7) is 0.316. The molecular formula is C14H13BrKNO4. The SMILES string of the molecule is O=C([O-])CCCCCN1C(=O)c2ccc(Br)cc2C1=O.[K+]. The van der Waals surface area contributed by atoms with Crippen LogP contribution in [0.3, 0.4) is 0 Å². The van der Waals surface area contributed by atoms with Crippen LogP contribution in [0.15, 0.2) is 22.7 Å². The normalized spacial score (nSPS) is 13.1. The van der Waals surface area contributed by atoms with E-state index in [1.54, 1.807) is 18.2 Å². The van der Waals surface area contributed by atoms with Crippen molar-refractivity contribution in [3.8, 4) is 0 Å². The average Bonchev–Trinajstić information content (AvgIpc) is 2.62. The monoisotopic (exact) mass is 377 g/mol. The average molecular weight is 378 g/mol. The molecule has 1 aliphatic heterocycles. The molecule has 106 valence electrons. The number of hydrogen-bond acceptors (Lipinski definition) is 4. The maximum absolute atomic E-state index is 12.1. The van der Waals surface area contributed by atoms with Gasteiger partial charge in [-0.15, -0.1) is 0 Å². The Labute approximate surface area is 173 Å². The van der Waals surface area contributed by atoms with Crippen LogP contribution in [-0.4, -0.2) is 29.2 Å². The van der Waals surface area contributed by atoms with Gasteiger partial charge in [-0.1, -0.05) is 22.4 Å². The molecule has 0 bridgehead atoms. The van der Waals surface area contributed by atoms with Crippen LogP contribution in [0.4, 0.5) is 0 Å². The minimum Gasteiger partial charge on any atom is -0.550 e. The Balaban J connectivity index is 0.00000220. The molecular weight excluding hydrogens is 365 g/mol. The van der Waals surface area contributed by atoms with E-state index in [0.29, 0.717) is 36.9 Å². The third kappa shape index (κ3) is 4.71. The van der Waals surface area contributed by atoms with Gasteiger partial charge in [-0.3, -0.25) is 14.5 Å². The zero-order chi connectivity index (χ0) is 14.7. The van der Waals surface area contributed by atoms with Gasteiger partial charge >= 0.3 is 51.4 Å². The minimum atomic E-state index is -1.07. The molecule has 2 rings (SSSR count). The predicted octanol–water partition coefficient (Wildman–Crippen LogP) is -1.64. The van der Waals surface area contributed by atoms with Crippen LogP contribution in [0.1, 0.15) is 46.4 Å². The number of carboxylic acids is 1. The third-order valence-corrected chi connectivity index (χ3v) is 3.69. The third-order valence-electron chi connectivity index (χ3n) is 3.20. The molecule has 0 aliphatic carbocycles. The Kier molecular flexibility index (Phi) is 7.73. The molecule has 0 spiro atoms. The molecule has 21 heavy (non-hydrogen) atoms. The van der Waals surface area contributed by atoms with E-state index in [0.717, 1.165) is 4.47 Å². The van der Waals surface area contributed by atoms with Gasteiger partial charge in [0, 0.05) is 17.0 Å². The zero-order valence-electron chi connectivity index (χ0n) is 11.7. The fraction of sp³-hybridized carbons (Fsp3) is 0.357. The molecule has 1 aromatic rings. The number of nitrogens with zero attached hydrogens (tertiary/aromatic N) is 1. The number of amides is 2. The number of imide groups is 1. The summed E-state index contributed by atoms with van der Waals surface area (Å²) in [6, 6.07) is 5.01. The van der Waals surface area contributed by atoms with Crippen molar-refractivity contribution in [2.75, 3.05) is 6.54 Å². The van der Waals surface area contributed by atoms with E-state index in [1.165, 1.54) is 4.90 Å². The van der Waals surface area contributed by atoms with E-state index >= 15 is 0 Å². The number of rotatable bonds is 6. The van der Waals surface area contributed by atoms with Gasteiger partial charge in [-0.2, -0.15) is 0 Å². The summed E-state index contributed by atoms with van der Waals surface area (Å²) in [4.78, 5) is 35.7. The number of carboxylic acid groups (broad SMARTS) is 1. The van der Waals surface area contributed by atoms with Crippen molar-refractivity contribution in [1.29, 1.82) is 0 Å². The molecule has 0 saturated heterocycles. The van der Waals surface area contributed by atoms with Crippen molar-refractivity contribution >= 4 is 33.7 Å². The first-order chi connectivity index (χ1) is 9.50. The van der Waals surface area contributed by atoms with E-state index in [1.807, 2.05) is 0 Å². The first kappa shape index (κ1) is 19.0. The Morgan fingerprint density at radius 2 is 1.76 bits per heavy atom. The summed E-state index contributed by atoms with van der Waals surface area (Å²) in [5, 5.41) is 10.3. The molecule has 0 aromatic heterocycles. The van der Waals surface area contributed by atoms with E-state index in [2.05, 4.69) is 15.9 Å². The number of aliphatic carboxylic acids is 1. The molecule has 0 unspecified atom stereocenters. The second-order valence-electron chi connectivity index (χ2n) is 4.63. The summed E-state index contributed by atoms with van der Waals surface area (Å²) in [6.07, 6.45) is 1.75. The second-order valence-corrected chi connectivity index (χ2v) is 5.55. The van der Waals surface area contributed by atoms with Crippen molar-refractivity contribution < 1.29 is 70.9 Å². The Morgan fingerprint density at radius 1 is 1.10 bits per heavy atom. The van der Waals surface area contributed by atoms with Crippen molar-refractivity contribution in [2.45, 2.75) is 25.7 Å². The second kappa shape index (κ2) is 8.55. The van der Waals surface area contributed by atoms with Crippen molar-refractivity contribution in [3.05, 3.63) is 33.8 Å². The molecule has 1 heterocycles. The van der Waals surface area contributed by atoms with Gasteiger partial charge in [0.15, 0.2) is 0 Å². The van der Waals surface area contributed by atoms with Crippen LogP contribution in [0.5, 0.6) is 0 Å². The number of carbonyl (C=O) groups excluding carboxylic acids is 3. The minimum absolute atomic E-state index is 0. The molecule has 2 amide bonds. The van der Waals surface area contributed by atoms with Crippen molar-refractivity contribution in [1.82, 2.24) is 4.90 Å². The van der Waals surface area contributed by atoms with Gasteiger partial charge in [-0.05, 0) is 37.5 Å². The molecule has 7 heteroatoms. The molecule has 1 aromatic carbocycles. The molecule has 0 atom stereocenters. The summed E-state index contributed by atoms with van der Waals surface area (Å²) >= 11 is 3.28. The first-order valence-electron chi connectivity index (χ1n) is 6.36. The van der Waals surface area contributed by atoms with Gasteiger partial charge in [0.2, 0.25) is 0 Å². The van der Waals surface area contributed by atoms with Gasteiger partial charge in [-0.25, -0.2) is 0 Å². The number of carbonyl (C=O) groups is 3. The standard InChI is InChI=1S/C14H14BrNO4.K/c15-9-5-6-10-11(8-9)14(20)16(13(10)19)7-3-1-2-4-12(17)18;/h5-6,8H,1-4,7H2,(H,17,18);/q;+1/p-1. The summed E-state index contributed by atoms with van der Waals surface area (Å²) < 4.78 is 0.758. The zero-order valence-corrected chi connectivity index (χ0v) is 16.4. The molecule has 0 N–H and O–H groups in total. The van der Waals surface area contributed by atoms with Crippen LogP contribution >= 0.6 is 15.9 Å². The smallest absolute Gasteiger partial charge is 0.550 e. The van der Waals surface area contributed by atoms with Crippen molar-refractivity contribution in [3.63, 3.8) is 0 Å². The van der Waals surface area contributed by atoms with Crippen LogP contribution in [0.25, 0.3) is 0 Å². The summed E-state index contributed by atoms with van der Waals surface area (Å²) in [5.41, 5.74) is 0.840.